The number of methoxy groups -OCH3 is 1. The number of piperazine rings is 1. The average molecular weight is 335 g/mol. The normalized spacial score (nSPS) is 21.1. The number of nitrogens with one attached hydrogen (secondary N) is 1. The Labute approximate surface area is 129 Å². The first-order valence-electron chi connectivity index (χ1n) is 6.68. The zero-order valence-corrected chi connectivity index (χ0v) is 13.8. The molecule has 1 saturated heterocycles. The van der Waals surface area contributed by atoms with Crippen molar-refractivity contribution in [3.05, 3.63) is 0 Å². The van der Waals surface area contributed by atoms with Gasteiger partial charge in [0.1, 0.15) is 12.1 Å². The number of nitrogens with zero attached hydrogens (tertiary/aromatic N) is 2. The summed E-state index contributed by atoms with van der Waals surface area (Å²) in [5, 5.41) is 2.43. The Balaban J connectivity index is 2.90. The summed E-state index contributed by atoms with van der Waals surface area (Å²) in [6.07, 6.45) is 1.04. The third kappa shape index (κ3) is 4.41. The van der Waals surface area contributed by atoms with Crippen LogP contribution in [0.4, 0.5) is 0 Å². The highest BCUT2D eigenvalue weighted by Gasteiger charge is 2.37. The van der Waals surface area contributed by atoms with E-state index < -0.39 is 34.0 Å². The van der Waals surface area contributed by atoms with E-state index in [0.717, 1.165) is 10.6 Å². The molecule has 1 rings (SSSR count). The highest BCUT2D eigenvalue weighted by Crippen LogP contribution is 2.13. The Morgan fingerprint density at radius 1 is 1.27 bits per heavy atom. The summed E-state index contributed by atoms with van der Waals surface area (Å²) < 4.78 is 28.9. The maximum atomic E-state index is 12.3. The van der Waals surface area contributed by atoms with Gasteiger partial charge in [-0.25, -0.2) is 13.2 Å². The lowest BCUT2D eigenvalue weighted by molar-refractivity contribution is -0.147. The Morgan fingerprint density at radius 3 is 2.32 bits per heavy atom. The van der Waals surface area contributed by atoms with Gasteiger partial charge in [-0.1, -0.05) is 0 Å². The van der Waals surface area contributed by atoms with Gasteiger partial charge in [0.25, 0.3) is 0 Å². The molecule has 0 radical (unpaired) electrons. The highest BCUT2D eigenvalue weighted by atomic mass is 32.2. The minimum Gasteiger partial charge on any atom is -0.467 e. The Kier molecular flexibility index (Phi) is 5.89. The minimum absolute atomic E-state index is 0.118. The maximum absolute atomic E-state index is 12.3. The van der Waals surface area contributed by atoms with Gasteiger partial charge in [-0.2, -0.15) is 4.31 Å². The predicted octanol–water partition coefficient (Wildman–Crippen LogP) is -1.84. The van der Waals surface area contributed by atoms with Crippen molar-refractivity contribution in [3.8, 4) is 0 Å². The van der Waals surface area contributed by atoms with Crippen molar-refractivity contribution in [1.29, 1.82) is 0 Å². The molecule has 10 heteroatoms. The van der Waals surface area contributed by atoms with Crippen LogP contribution in [0.25, 0.3) is 0 Å². The second-order valence-corrected chi connectivity index (χ2v) is 7.09. The molecule has 2 amide bonds. The quantitative estimate of drug-likeness (QED) is 0.604. The van der Waals surface area contributed by atoms with Crippen molar-refractivity contribution in [1.82, 2.24) is 14.5 Å². The molecule has 0 spiro atoms. The second kappa shape index (κ2) is 7.05. The molecule has 0 saturated carbocycles. The molecule has 22 heavy (non-hydrogen) atoms. The number of amides is 2. The molecule has 0 aromatic heterocycles. The molecule has 1 heterocycles. The molecule has 2 atom stereocenters. The Bertz CT molecular complexity index is 561. The second-order valence-electron chi connectivity index (χ2n) is 5.10. The number of hydrogen-bond donors (Lipinski definition) is 1. The van der Waals surface area contributed by atoms with Crippen molar-refractivity contribution in [3.63, 3.8) is 0 Å². The molecule has 1 N–H and O–H groups in total. The molecule has 9 nitrogen and oxygen atoms in total. The van der Waals surface area contributed by atoms with Gasteiger partial charge >= 0.3 is 5.97 Å². The third-order valence-electron chi connectivity index (χ3n) is 3.43. The van der Waals surface area contributed by atoms with Gasteiger partial charge in [0.2, 0.25) is 21.8 Å². The van der Waals surface area contributed by atoms with Crippen LogP contribution in [0.1, 0.15) is 13.8 Å². The van der Waals surface area contributed by atoms with E-state index in [2.05, 4.69) is 10.1 Å². The Hall–Kier alpha value is -1.68. The number of rotatable bonds is 4. The predicted molar refractivity (Wildman–Crippen MR) is 77.2 cm³/mol. The molecular formula is C12H21N3O6S. The molecule has 0 aromatic rings. The number of ether oxygens (including phenoxy) is 1. The number of carbonyl (C=O) groups excluding carboxylic acids is 3. The number of carbonyl (C=O) groups is 3. The van der Waals surface area contributed by atoms with Crippen LogP contribution < -0.4 is 5.32 Å². The summed E-state index contributed by atoms with van der Waals surface area (Å²) in [6, 6.07) is -1.87. The first kappa shape index (κ1) is 18.4. The van der Waals surface area contributed by atoms with Crippen LogP contribution in [-0.2, 0) is 29.1 Å². The lowest BCUT2D eigenvalue weighted by Crippen LogP contribution is -2.62. The van der Waals surface area contributed by atoms with E-state index in [1.807, 2.05) is 0 Å². The van der Waals surface area contributed by atoms with Gasteiger partial charge in [-0.3, -0.25) is 9.59 Å². The van der Waals surface area contributed by atoms with Crippen molar-refractivity contribution in [2.75, 3.05) is 33.0 Å². The fraction of sp³-hybridized carbons (Fsp3) is 0.750. The minimum atomic E-state index is -3.47. The van der Waals surface area contributed by atoms with E-state index in [0.29, 0.717) is 0 Å². The summed E-state index contributed by atoms with van der Waals surface area (Å²) >= 11 is 0. The van der Waals surface area contributed by atoms with Crippen LogP contribution in [0, 0.1) is 0 Å². The summed E-state index contributed by atoms with van der Waals surface area (Å²) in [4.78, 5) is 36.6. The standard InChI is InChI=1S/C12H21N3O6S/c1-8(12(18)21-3)13-11(17)10-7-14(22(4,19)20)5-6-15(10)9(2)16/h8,10H,5-7H2,1-4H3,(H,13,17). The molecule has 0 aromatic carbocycles. The topological polar surface area (TPSA) is 113 Å². The molecule has 1 aliphatic heterocycles. The van der Waals surface area contributed by atoms with E-state index in [1.54, 1.807) is 0 Å². The van der Waals surface area contributed by atoms with Gasteiger partial charge in [0.05, 0.1) is 13.4 Å². The van der Waals surface area contributed by atoms with E-state index in [9.17, 15) is 22.8 Å². The van der Waals surface area contributed by atoms with Crippen molar-refractivity contribution in [2.45, 2.75) is 25.9 Å². The molecular weight excluding hydrogens is 314 g/mol. The first-order valence-corrected chi connectivity index (χ1v) is 8.53. The third-order valence-corrected chi connectivity index (χ3v) is 4.70. The van der Waals surface area contributed by atoms with E-state index >= 15 is 0 Å². The van der Waals surface area contributed by atoms with Crippen molar-refractivity contribution >= 4 is 27.8 Å². The highest BCUT2D eigenvalue weighted by molar-refractivity contribution is 7.88. The number of sulfonamides is 1. The lowest BCUT2D eigenvalue weighted by Gasteiger charge is -2.39. The van der Waals surface area contributed by atoms with Crippen molar-refractivity contribution in [2.24, 2.45) is 0 Å². The smallest absolute Gasteiger partial charge is 0.328 e. The van der Waals surface area contributed by atoms with Gasteiger partial charge in [-0.05, 0) is 6.92 Å². The zero-order valence-electron chi connectivity index (χ0n) is 13.0. The molecule has 2 unspecified atom stereocenters. The zero-order chi connectivity index (χ0) is 17.1. The van der Waals surface area contributed by atoms with Crippen LogP contribution in [0.5, 0.6) is 0 Å². The lowest BCUT2D eigenvalue weighted by atomic mass is 10.1. The molecule has 1 fully saturated rings. The van der Waals surface area contributed by atoms with E-state index in [1.165, 1.54) is 25.9 Å². The van der Waals surface area contributed by atoms with E-state index in [4.69, 9.17) is 0 Å². The number of esters is 1. The van der Waals surface area contributed by atoms with Gasteiger partial charge in [0, 0.05) is 26.6 Å². The summed E-state index contributed by atoms with van der Waals surface area (Å²) in [5.41, 5.74) is 0. The monoisotopic (exact) mass is 335 g/mol. The summed E-state index contributed by atoms with van der Waals surface area (Å²) in [6.45, 7) is 2.86. The van der Waals surface area contributed by atoms with Gasteiger partial charge in [-0.15, -0.1) is 0 Å². The van der Waals surface area contributed by atoms with Crippen LogP contribution in [-0.4, -0.2) is 80.5 Å². The Morgan fingerprint density at radius 2 is 1.86 bits per heavy atom. The fourth-order valence-electron chi connectivity index (χ4n) is 2.21. The molecule has 126 valence electrons. The van der Waals surface area contributed by atoms with Crippen LogP contribution >= 0.6 is 0 Å². The summed E-state index contributed by atoms with van der Waals surface area (Å²) in [7, 11) is -2.27. The van der Waals surface area contributed by atoms with Crippen LogP contribution in [0.2, 0.25) is 0 Å². The van der Waals surface area contributed by atoms with Crippen molar-refractivity contribution < 1.29 is 27.5 Å². The summed E-state index contributed by atoms with van der Waals surface area (Å²) in [5.74, 6) is -1.56. The van der Waals surface area contributed by atoms with Gasteiger partial charge < -0.3 is 15.0 Å². The molecule has 0 bridgehead atoms. The largest absolute Gasteiger partial charge is 0.467 e. The van der Waals surface area contributed by atoms with Crippen LogP contribution in [0.3, 0.4) is 0 Å². The fourth-order valence-corrected chi connectivity index (χ4v) is 3.03. The van der Waals surface area contributed by atoms with E-state index in [-0.39, 0.29) is 25.5 Å². The maximum Gasteiger partial charge on any atom is 0.328 e. The average Bonchev–Trinajstić information content (AvgIpc) is 2.44. The van der Waals surface area contributed by atoms with Gasteiger partial charge in [0.15, 0.2) is 0 Å². The molecule has 1 aliphatic rings. The van der Waals surface area contributed by atoms with Crippen LogP contribution in [0.15, 0.2) is 0 Å². The SMILES string of the molecule is COC(=O)C(C)NC(=O)C1CN(S(C)(=O)=O)CCN1C(C)=O. The molecule has 0 aliphatic carbocycles. The first-order chi connectivity index (χ1) is 10.1. The number of hydrogen-bond acceptors (Lipinski definition) is 6.